The molecule has 1 heterocycles. The summed E-state index contributed by atoms with van der Waals surface area (Å²) in [6.07, 6.45) is 5.38. The minimum atomic E-state index is -0.986. The Kier molecular flexibility index (Phi) is 4.43. The standard InChI is InChI=1S/C13H18N2O4/c16-12(17)9-15(10-4-1-2-5-10)13(18)14-8-11-6-3-7-19-11/h3,6-7,10H,1-2,4-5,8-9H2,(H,14,18)(H,16,17). The van der Waals surface area contributed by atoms with Crippen LogP contribution in [0.4, 0.5) is 4.79 Å². The van der Waals surface area contributed by atoms with Crippen molar-refractivity contribution >= 4 is 12.0 Å². The predicted octanol–water partition coefficient (Wildman–Crippen LogP) is 1.82. The number of aliphatic carboxylic acids is 1. The summed E-state index contributed by atoms with van der Waals surface area (Å²) in [6, 6.07) is 3.20. The van der Waals surface area contributed by atoms with Crippen molar-refractivity contribution in [3.8, 4) is 0 Å². The van der Waals surface area contributed by atoms with Gasteiger partial charge in [0.1, 0.15) is 12.3 Å². The summed E-state index contributed by atoms with van der Waals surface area (Å²) < 4.78 is 5.12. The highest BCUT2D eigenvalue weighted by Crippen LogP contribution is 2.23. The van der Waals surface area contributed by atoms with Crippen LogP contribution in [-0.2, 0) is 11.3 Å². The van der Waals surface area contributed by atoms with Crippen LogP contribution in [0.1, 0.15) is 31.4 Å². The van der Waals surface area contributed by atoms with Gasteiger partial charge < -0.3 is 19.7 Å². The molecule has 104 valence electrons. The van der Waals surface area contributed by atoms with Crippen LogP contribution < -0.4 is 5.32 Å². The lowest BCUT2D eigenvalue weighted by atomic mass is 10.2. The van der Waals surface area contributed by atoms with Crippen LogP contribution in [0, 0.1) is 0 Å². The van der Waals surface area contributed by atoms with E-state index in [0.717, 1.165) is 25.7 Å². The molecule has 1 saturated carbocycles. The smallest absolute Gasteiger partial charge is 0.323 e. The number of furan rings is 1. The molecule has 2 amide bonds. The quantitative estimate of drug-likeness (QED) is 0.851. The van der Waals surface area contributed by atoms with Crippen LogP contribution in [-0.4, -0.2) is 34.6 Å². The molecule has 2 rings (SSSR count). The number of hydrogen-bond donors (Lipinski definition) is 2. The van der Waals surface area contributed by atoms with Gasteiger partial charge in [0.15, 0.2) is 0 Å². The number of nitrogens with zero attached hydrogens (tertiary/aromatic N) is 1. The Morgan fingerprint density at radius 2 is 2.16 bits per heavy atom. The maximum Gasteiger partial charge on any atom is 0.323 e. The summed E-state index contributed by atoms with van der Waals surface area (Å²) in [5.41, 5.74) is 0. The lowest BCUT2D eigenvalue weighted by molar-refractivity contribution is -0.138. The third kappa shape index (κ3) is 3.74. The third-order valence-electron chi connectivity index (χ3n) is 3.33. The molecule has 6 nitrogen and oxygen atoms in total. The van der Waals surface area contributed by atoms with Gasteiger partial charge in [-0.05, 0) is 25.0 Å². The minimum Gasteiger partial charge on any atom is -0.480 e. The largest absolute Gasteiger partial charge is 0.480 e. The second-order valence-corrected chi connectivity index (χ2v) is 4.70. The predicted molar refractivity (Wildman–Crippen MR) is 67.5 cm³/mol. The third-order valence-corrected chi connectivity index (χ3v) is 3.33. The highest BCUT2D eigenvalue weighted by atomic mass is 16.4. The maximum absolute atomic E-state index is 12.1. The molecule has 0 unspecified atom stereocenters. The molecule has 0 bridgehead atoms. The topological polar surface area (TPSA) is 82.8 Å². The Hall–Kier alpha value is -1.98. The molecule has 0 radical (unpaired) electrons. The van der Waals surface area contributed by atoms with E-state index in [9.17, 15) is 9.59 Å². The first-order valence-corrected chi connectivity index (χ1v) is 6.45. The number of carbonyl (C=O) groups excluding carboxylic acids is 1. The monoisotopic (exact) mass is 266 g/mol. The Morgan fingerprint density at radius 3 is 2.74 bits per heavy atom. The molecule has 1 aromatic heterocycles. The first-order valence-electron chi connectivity index (χ1n) is 6.45. The Balaban J connectivity index is 1.92. The Morgan fingerprint density at radius 1 is 1.42 bits per heavy atom. The average Bonchev–Trinajstić information content (AvgIpc) is 3.05. The van der Waals surface area contributed by atoms with Gasteiger partial charge in [0.05, 0.1) is 12.8 Å². The summed E-state index contributed by atoms with van der Waals surface area (Å²) in [7, 11) is 0. The summed E-state index contributed by atoms with van der Waals surface area (Å²) in [5.74, 6) is -0.338. The number of carboxylic acid groups (broad SMARTS) is 1. The number of urea groups is 1. The van der Waals surface area contributed by atoms with Crippen molar-refractivity contribution in [3.63, 3.8) is 0 Å². The van der Waals surface area contributed by atoms with Crippen molar-refractivity contribution in [2.45, 2.75) is 38.3 Å². The zero-order chi connectivity index (χ0) is 13.7. The van der Waals surface area contributed by atoms with Crippen LogP contribution in [0.15, 0.2) is 22.8 Å². The number of rotatable bonds is 5. The van der Waals surface area contributed by atoms with E-state index in [0.29, 0.717) is 5.76 Å². The van der Waals surface area contributed by atoms with Crippen LogP contribution in [0.2, 0.25) is 0 Å². The van der Waals surface area contributed by atoms with E-state index < -0.39 is 5.97 Å². The van der Waals surface area contributed by atoms with Gasteiger partial charge in [0, 0.05) is 6.04 Å². The molecule has 0 atom stereocenters. The van der Waals surface area contributed by atoms with Gasteiger partial charge in [-0.15, -0.1) is 0 Å². The van der Waals surface area contributed by atoms with Gasteiger partial charge in [0.2, 0.25) is 0 Å². The molecular formula is C13H18N2O4. The molecule has 0 aromatic carbocycles. The lowest BCUT2D eigenvalue weighted by Crippen LogP contribution is -2.47. The fourth-order valence-corrected chi connectivity index (χ4v) is 2.41. The summed E-state index contributed by atoms with van der Waals surface area (Å²) >= 11 is 0. The summed E-state index contributed by atoms with van der Waals surface area (Å²) in [5, 5.41) is 11.6. The van der Waals surface area contributed by atoms with E-state index in [2.05, 4.69) is 5.32 Å². The summed E-state index contributed by atoms with van der Waals surface area (Å²) in [4.78, 5) is 24.3. The van der Waals surface area contributed by atoms with Crippen molar-refractivity contribution in [1.29, 1.82) is 0 Å². The van der Waals surface area contributed by atoms with Crippen molar-refractivity contribution in [2.24, 2.45) is 0 Å². The second kappa shape index (κ2) is 6.26. The van der Waals surface area contributed by atoms with Crippen molar-refractivity contribution in [3.05, 3.63) is 24.2 Å². The van der Waals surface area contributed by atoms with Crippen LogP contribution in [0.3, 0.4) is 0 Å². The molecular weight excluding hydrogens is 248 g/mol. The van der Waals surface area contributed by atoms with Gasteiger partial charge in [-0.1, -0.05) is 12.8 Å². The number of amides is 2. The van der Waals surface area contributed by atoms with Crippen molar-refractivity contribution in [2.75, 3.05) is 6.54 Å². The molecule has 1 aliphatic carbocycles. The fraction of sp³-hybridized carbons (Fsp3) is 0.538. The molecule has 0 aliphatic heterocycles. The molecule has 0 saturated heterocycles. The highest BCUT2D eigenvalue weighted by Gasteiger charge is 2.28. The number of hydrogen-bond acceptors (Lipinski definition) is 3. The molecule has 1 aromatic rings. The van der Waals surface area contributed by atoms with E-state index in [1.807, 2.05) is 0 Å². The first-order chi connectivity index (χ1) is 9.16. The number of nitrogens with one attached hydrogen (secondary N) is 1. The van der Waals surface area contributed by atoms with E-state index in [1.54, 1.807) is 12.1 Å². The van der Waals surface area contributed by atoms with Gasteiger partial charge in [-0.3, -0.25) is 4.79 Å². The highest BCUT2D eigenvalue weighted by molar-refractivity contribution is 5.80. The molecule has 6 heteroatoms. The molecule has 2 N–H and O–H groups in total. The van der Waals surface area contributed by atoms with Gasteiger partial charge in [0.25, 0.3) is 0 Å². The van der Waals surface area contributed by atoms with E-state index in [-0.39, 0.29) is 25.2 Å². The summed E-state index contributed by atoms with van der Waals surface area (Å²) in [6.45, 7) is 0.0172. The van der Waals surface area contributed by atoms with E-state index in [4.69, 9.17) is 9.52 Å². The number of carbonyl (C=O) groups is 2. The fourth-order valence-electron chi connectivity index (χ4n) is 2.41. The van der Waals surface area contributed by atoms with Crippen molar-refractivity contribution < 1.29 is 19.1 Å². The van der Waals surface area contributed by atoms with Gasteiger partial charge >= 0.3 is 12.0 Å². The molecule has 1 fully saturated rings. The SMILES string of the molecule is O=C(O)CN(C(=O)NCc1ccco1)C1CCCC1. The van der Waals surface area contributed by atoms with Crippen molar-refractivity contribution in [1.82, 2.24) is 10.2 Å². The van der Waals surface area contributed by atoms with Crippen LogP contribution in [0.25, 0.3) is 0 Å². The zero-order valence-corrected chi connectivity index (χ0v) is 10.7. The van der Waals surface area contributed by atoms with Gasteiger partial charge in [-0.2, -0.15) is 0 Å². The molecule has 0 spiro atoms. The Bertz CT molecular complexity index is 424. The van der Waals surface area contributed by atoms with E-state index in [1.165, 1.54) is 11.2 Å². The zero-order valence-electron chi connectivity index (χ0n) is 10.7. The molecule has 19 heavy (non-hydrogen) atoms. The average molecular weight is 266 g/mol. The van der Waals surface area contributed by atoms with Crippen LogP contribution in [0.5, 0.6) is 0 Å². The lowest BCUT2D eigenvalue weighted by Gasteiger charge is -2.27. The van der Waals surface area contributed by atoms with E-state index >= 15 is 0 Å². The second-order valence-electron chi connectivity index (χ2n) is 4.70. The van der Waals surface area contributed by atoms with Crippen LogP contribution >= 0.6 is 0 Å². The first kappa shape index (κ1) is 13.5. The minimum absolute atomic E-state index is 0.0349. The normalized spacial score (nSPS) is 15.4. The number of carboxylic acids is 1. The van der Waals surface area contributed by atoms with Gasteiger partial charge in [-0.25, -0.2) is 4.79 Å². The maximum atomic E-state index is 12.1. The molecule has 1 aliphatic rings. The Labute approximate surface area is 111 Å².